The quantitative estimate of drug-likeness (QED) is 0.640. The molecule has 0 radical (unpaired) electrons. The molecule has 0 bridgehead atoms. The maximum atomic E-state index is 10.1. The number of aliphatic hydroxyl groups excluding tert-OH is 1. The highest BCUT2D eigenvalue weighted by Gasteiger charge is 2.39. The van der Waals surface area contributed by atoms with Crippen LogP contribution < -0.4 is 0 Å². The van der Waals surface area contributed by atoms with Crippen molar-refractivity contribution in [3.8, 4) is 0 Å². The van der Waals surface area contributed by atoms with E-state index in [4.69, 9.17) is 0 Å². The van der Waals surface area contributed by atoms with Crippen molar-refractivity contribution in [1.82, 2.24) is 0 Å². The Labute approximate surface area is 93.7 Å². The van der Waals surface area contributed by atoms with Crippen LogP contribution in [0.3, 0.4) is 0 Å². The highest BCUT2D eigenvalue weighted by atomic mass is 16.3. The van der Waals surface area contributed by atoms with E-state index in [1.54, 1.807) is 0 Å². The van der Waals surface area contributed by atoms with Crippen molar-refractivity contribution in [2.75, 3.05) is 0 Å². The average molecular weight is 214 g/mol. The Balaban J connectivity index is 2.04. The highest BCUT2D eigenvalue weighted by Crippen LogP contribution is 2.34. The number of aliphatic hydroxyl groups is 2. The summed E-state index contributed by atoms with van der Waals surface area (Å²) in [6.07, 6.45) is 10.4. The molecule has 0 aromatic carbocycles. The Morgan fingerprint density at radius 3 is 2.40 bits per heavy atom. The summed E-state index contributed by atoms with van der Waals surface area (Å²) < 4.78 is 0. The van der Waals surface area contributed by atoms with Crippen LogP contribution in [-0.4, -0.2) is 21.9 Å². The van der Waals surface area contributed by atoms with Crippen LogP contribution in [0.4, 0.5) is 0 Å². The van der Waals surface area contributed by atoms with Gasteiger partial charge in [-0.05, 0) is 25.7 Å². The van der Waals surface area contributed by atoms with E-state index >= 15 is 0 Å². The zero-order chi connectivity index (χ0) is 11.1. The Hall–Kier alpha value is -0.0800. The van der Waals surface area contributed by atoms with Gasteiger partial charge in [0.2, 0.25) is 0 Å². The Morgan fingerprint density at radius 1 is 1.13 bits per heavy atom. The molecule has 2 N–H and O–H groups in total. The molecule has 15 heavy (non-hydrogen) atoms. The lowest BCUT2D eigenvalue weighted by atomic mass is 9.92. The van der Waals surface area contributed by atoms with Crippen LogP contribution in [0.1, 0.15) is 71.1 Å². The maximum Gasteiger partial charge on any atom is 0.0905 e. The molecule has 2 heteroatoms. The van der Waals surface area contributed by atoms with Crippen molar-refractivity contribution >= 4 is 0 Å². The van der Waals surface area contributed by atoms with Crippen LogP contribution >= 0.6 is 0 Å². The van der Waals surface area contributed by atoms with Crippen LogP contribution in [-0.2, 0) is 0 Å². The smallest absolute Gasteiger partial charge is 0.0905 e. The first-order chi connectivity index (χ1) is 7.19. The van der Waals surface area contributed by atoms with E-state index in [0.717, 1.165) is 32.1 Å². The van der Waals surface area contributed by atoms with Gasteiger partial charge in [-0.15, -0.1) is 0 Å². The van der Waals surface area contributed by atoms with Crippen molar-refractivity contribution in [3.63, 3.8) is 0 Å². The molecule has 0 aliphatic heterocycles. The molecule has 0 heterocycles. The molecule has 0 aromatic heterocycles. The fourth-order valence-corrected chi connectivity index (χ4v) is 2.54. The first-order valence-electron chi connectivity index (χ1n) is 6.59. The van der Waals surface area contributed by atoms with Crippen molar-refractivity contribution in [2.24, 2.45) is 0 Å². The summed E-state index contributed by atoms with van der Waals surface area (Å²) in [5.41, 5.74) is -0.745. The molecule has 0 saturated heterocycles. The van der Waals surface area contributed by atoms with Gasteiger partial charge in [0.1, 0.15) is 0 Å². The molecule has 2 atom stereocenters. The van der Waals surface area contributed by atoms with Gasteiger partial charge in [-0.2, -0.15) is 0 Å². The number of hydrogen-bond acceptors (Lipinski definition) is 2. The fraction of sp³-hybridized carbons (Fsp3) is 1.00. The lowest BCUT2D eigenvalue weighted by Crippen LogP contribution is -2.37. The van der Waals surface area contributed by atoms with Crippen LogP contribution in [0.5, 0.6) is 0 Å². The zero-order valence-corrected chi connectivity index (χ0v) is 10.0. The maximum absolute atomic E-state index is 10.1. The van der Waals surface area contributed by atoms with Gasteiger partial charge in [-0.1, -0.05) is 45.4 Å². The Bertz CT molecular complexity index is 170. The summed E-state index contributed by atoms with van der Waals surface area (Å²) in [5.74, 6) is 0. The predicted octanol–water partition coefficient (Wildman–Crippen LogP) is 3.01. The van der Waals surface area contributed by atoms with E-state index in [-0.39, 0.29) is 0 Å². The summed E-state index contributed by atoms with van der Waals surface area (Å²) in [7, 11) is 0. The van der Waals surface area contributed by atoms with Gasteiger partial charge in [-0.25, -0.2) is 0 Å². The second-order valence-corrected chi connectivity index (χ2v) is 5.03. The van der Waals surface area contributed by atoms with Gasteiger partial charge < -0.3 is 10.2 Å². The molecule has 1 rings (SSSR count). The van der Waals surface area contributed by atoms with Crippen LogP contribution in [0.25, 0.3) is 0 Å². The van der Waals surface area contributed by atoms with Gasteiger partial charge in [0.25, 0.3) is 0 Å². The minimum absolute atomic E-state index is 0.465. The molecular formula is C13H26O2. The van der Waals surface area contributed by atoms with Crippen molar-refractivity contribution < 1.29 is 10.2 Å². The molecule has 0 amide bonds. The summed E-state index contributed by atoms with van der Waals surface area (Å²) in [5, 5.41) is 19.8. The summed E-state index contributed by atoms with van der Waals surface area (Å²) >= 11 is 0. The average Bonchev–Trinajstić information content (AvgIpc) is 2.54. The lowest BCUT2D eigenvalue weighted by molar-refractivity contribution is -0.0598. The zero-order valence-electron chi connectivity index (χ0n) is 10.0. The monoisotopic (exact) mass is 214 g/mol. The predicted molar refractivity (Wildman–Crippen MR) is 62.8 cm³/mol. The van der Waals surface area contributed by atoms with Crippen LogP contribution in [0.15, 0.2) is 0 Å². The van der Waals surface area contributed by atoms with E-state index in [1.807, 2.05) is 0 Å². The van der Waals surface area contributed by atoms with Gasteiger partial charge in [0.15, 0.2) is 0 Å². The van der Waals surface area contributed by atoms with Crippen LogP contribution in [0, 0.1) is 0 Å². The number of unbranched alkanes of at least 4 members (excludes halogenated alkanes) is 5. The van der Waals surface area contributed by atoms with Gasteiger partial charge in [0, 0.05) is 0 Å². The fourth-order valence-electron chi connectivity index (χ4n) is 2.54. The minimum atomic E-state index is -0.745. The molecule has 1 aliphatic carbocycles. The van der Waals surface area contributed by atoms with E-state index in [9.17, 15) is 10.2 Å². The van der Waals surface area contributed by atoms with E-state index in [2.05, 4.69) is 6.92 Å². The molecule has 1 aliphatic rings. The van der Waals surface area contributed by atoms with Gasteiger partial charge >= 0.3 is 0 Å². The standard InChI is InChI=1S/C13H26O2/c1-2-3-4-5-6-7-10-13(15)11-8-9-12(13)14/h12,14-15H,2-11H2,1H3. The normalized spacial score (nSPS) is 31.0. The third-order valence-electron chi connectivity index (χ3n) is 3.67. The summed E-state index contributed by atoms with van der Waals surface area (Å²) in [6, 6.07) is 0. The molecular weight excluding hydrogens is 188 g/mol. The minimum Gasteiger partial charge on any atom is -0.390 e. The van der Waals surface area contributed by atoms with Crippen molar-refractivity contribution in [2.45, 2.75) is 82.8 Å². The molecule has 1 saturated carbocycles. The Morgan fingerprint density at radius 2 is 1.80 bits per heavy atom. The third-order valence-corrected chi connectivity index (χ3v) is 3.67. The summed E-state index contributed by atoms with van der Waals surface area (Å²) in [4.78, 5) is 0. The molecule has 90 valence electrons. The Kier molecular flexibility index (Phi) is 5.62. The largest absolute Gasteiger partial charge is 0.390 e. The number of rotatable bonds is 7. The number of hydrogen-bond donors (Lipinski definition) is 2. The van der Waals surface area contributed by atoms with Crippen LogP contribution in [0.2, 0.25) is 0 Å². The second-order valence-electron chi connectivity index (χ2n) is 5.03. The third kappa shape index (κ3) is 4.12. The molecule has 1 fully saturated rings. The summed E-state index contributed by atoms with van der Waals surface area (Å²) in [6.45, 7) is 2.22. The first-order valence-corrected chi connectivity index (χ1v) is 6.59. The molecule has 2 unspecified atom stereocenters. The van der Waals surface area contributed by atoms with E-state index in [0.29, 0.717) is 0 Å². The molecule has 2 nitrogen and oxygen atoms in total. The van der Waals surface area contributed by atoms with Gasteiger partial charge in [-0.3, -0.25) is 0 Å². The first kappa shape index (κ1) is 13.0. The van der Waals surface area contributed by atoms with Crippen molar-refractivity contribution in [3.05, 3.63) is 0 Å². The lowest BCUT2D eigenvalue weighted by Gasteiger charge is -2.26. The van der Waals surface area contributed by atoms with Crippen molar-refractivity contribution in [1.29, 1.82) is 0 Å². The second kappa shape index (κ2) is 6.49. The van der Waals surface area contributed by atoms with Gasteiger partial charge in [0.05, 0.1) is 11.7 Å². The molecule has 0 aromatic rings. The topological polar surface area (TPSA) is 40.5 Å². The SMILES string of the molecule is CCCCCCCCC1(O)CCCC1O. The highest BCUT2D eigenvalue weighted by molar-refractivity contribution is 4.91. The van der Waals surface area contributed by atoms with E-state index < -0.39 is 11.7 Å². The van der Waals surface area contributed by atoms with E-state index in [1.165, 1.54) is 32.1 Å². The molecule has 0 spiro atoms.